The van der Waals surface area contributed by atoms with Gasteiger partial charge < -0.3 is 24.0 Å². The smallest absolute Gasteiger partial charge is 0.186 e. The fraction of sp³-hybridized carbons (Fsp3) is 0.643. The van der Waals surface area contributed by atoms with E-state index in [1.165, 1.54) is 11.4 Å². The van der Waals surface area contributed by atoms with Gasteiger partial charge in [0.25, 0.3) is 0 Å². The van der Waals surface area contributed by atoms with Crippen LogP contribution in [0.25, 0.3) is 0 Å². The Balaban J connectivity index is 0.00000225. The number of pyridine rings is 1. The van der Waals surface area contributed by atoms with Crippen LogP contribution >= 0.6 is 0 Å². The van der Waals surface area contributed by atoms with E-state index in [-0.39, 0.29) is 34.8 Å². The average molecular weight is 333 g/mol. The lowest BCUT2D eigenvalue weighted by Crippen LogP contribution is -3.00. The molecule has 2 heteroatoms. The van der Waals surface area contributed by atoms with Gasteiger partial charge in [-0.3, -0.25) is 0 Å². The molecule has 0 fully saturated rings. The number of rotatable bonds is 0. The van der Waals surface area contributed by atoms with E-state index in [1.807, 2.05) is 0 Å². The third-order valence-electron chi connectivity index (χ3n) is 2.77. The number of halogens is 1. The van der Waals surface area contributed by atoms with Crippen molar-refractivity contribution in [2.75, 3.05) is 0 Å². The summed E-state index contributed by atoms with van der Waals surface area (Å²) >= 11 is 0. The van der Waals surface area contributed by atoms with Crippen molar-refractivity contribution < 1.29 is 28.5 Å². The van der Waals surface area contributed by atoms with Crippen molar-refractivity contribution in [2.24, 2.45) is 7.05 Å². The van der Waals surface area contributed by atoms with Crippen LogP contribution in [0.3, 0.4) is 0 Å². The first-order chi connectivity index (χ1) is 6.64. The summed E-state index contributed by atoms with van der Waals surface area (Å²) in [6.45, 7) is 13.6. The molecule has 0 aliphatic carbocycles. The van der Waals surface area contributed by atoms with Crippen LogP contribution in [0.4, 0.5) is 0 Å². The fourth-order valence-corrected chi connectivity index (χ4v) is 2.09. The highest BCUT2D eigenvalue weighted by atomic mass is 127. The monoisotopic (exact) mass is 333 g/mol. The van der Waals surface area contributed by atoms with Crippen molar-refractivity contribution in [1.29, 1.82) is 0 Å². The molecule has 92 valence electrons. The lowest BCUT2D eigenvalue weighted by atomic mass is 9.87. The summed E-state index contributed by atoms with van der Waals surface area (Å²) in [7, 11) is 2.17. The third kappa shape index (κ3) is 3.44. The summed E-state index contributed by atoms with van der Waals surface area (Å²) in [5, 5.41) is 0. The van der Waals surface area contributed by atoms with E-state index in [0.717, 1.165) is 0 Å². The second-order valence-electron chi connectivity index (χ2n) is 6.36. The van der Waals surface area contributed by atoms with Gasteiger partial charge in [-0.2, -0.15) is 0 Å². The molecule has 1 heterocycles. The zero-order chi connectivity index (χ0) is 11.9. The molecule has 0 aliphatic heterocycles. The normalized spacial score (nSPS) is 12.2. The van der Waals surface area contributed by atoms with Gasteiger partial charge in [0.05, 0.1) is 0 Å². The molecule has 0 radical (unpaired) electrons. The highest BCUT2D eigenvalue weighted by Crippen LogP contribution is 2.23. The predicted octanol–water partition coefficient (Wildman–Crippen LogP) is 0.110. The summed E-state index contributed by atoms with van der Waals surface area (Å²) in [5.74, 6) is 0. The van der Waals surface area contributed by atoms with Crippen molar-refractivity contribution in [3.05, 3.63) is 29.6 Å². The maximum absolute atomic E-state index is 2.33. The molecular weight excluding hydrogens is 309 g/mol. The molecule has 0 saturated carbocycles. The molecule has 0 N–H and O–H groups in total. The third-order valence-corrected chi connectivity index (χ3v) is 2.77. The van der Waals surface area contributed by atoms with Crippen LogP contribution in [0.1, 0.15) is 52.9 Å². The fourth-order valence-electron chi connectivity index (χ4n) is 2.09. The van der Waals surface area contributed by atoms with Crippen LogP contribution < -0.4 is 28.5 Å². The molecule has 1 rings (SSSR count). The van der Waals surface area contributed by atoms with Crippen LogP contribution in [-0.4, -0.2) is 0 Å². The molecule has 1 nitrogen and oxygen atoms in total. The van der Waals surface area contributed by atoms with E-state index in [9.17, 15) is 0 Å². The molecule has 0 aliphatic rings. The van der Waals surface area contributed by atoms with Gasteiger partial charge in [0.15, 0.2) is 11.4 Å². The van der Waals surface area contributed by atoms with Gasteiger partial charge in [-0.05, 0) is 6.07 Å². The van der Waals surface area contributed by atoms with E-state index >= 15 is 0 Å². The van der Waals surface area contributed by atoms with Crippen molar-refractivity contribution in [3.8, 4) is 0 Å². The Morgan fingerprint density at radius 1 is 0.812 bits per heavy atom. The van der Waals surface area contributed by atoms with Crippen molar-refractivity contribution in [2.45, 2.75) is 52.4 Å². The lowest BCUT2D eigenvalue weighted by Gasteiger charge is -2.21. The molecule has 0 saturated heterocycles. The highest BCUT2D eigenvalue weighted by molar-refractivity contribution is 5.14. The van der Waals surface area contributed by atoms with Crippen LogP contribution in [0, 0.1) is 0 Å². The van der Waals surface area contributed by atoms with E-state index < -0.39 is 0 Å². The second-order valence-corrected chi connectivity index (χ2v) is 6.36. The Labute approximate surface area is 117 Å². The van der Waals surface area contributed by atoms with Gasteiger partial charge in [0, 0.05) is 23.0 Å². The summed E-state index contributed by atoms with van der Waals surface area (Å²) in [4.78, 5) is 0. The van der Waals surface area contributed by atoms with Crippen LogP contribution in [0.2, 0.25) is 0 Å². The molecule has 0 unspecified atom stereocenters. The van der Waals surface area contributed by atoms with Gasteiger partial charge in [-0.25, -0.2) is 4.57 Å². The molecule has 1 aromatic heterocycles. The summed E-state index contributed by atoms with van der Waals surface area (Å²) in [6, 6.07) is 6.60. The van der Waals surface area contributed by atoms with E-state index in [4.69, 9.17) is 0 Å². The standard InChI is InChI=1S/C14H24N.HI/c1-13(2,3)11-9-8-10-12(15(11)7)14(4,5)6;/h8-10H,1-7H3;1H/q+1;/p-1. The minimum Gasteiger partial charge on any atom is -1.00 e. The predicted molar refractivity (Wildman–Crippen MR) is 65.0 cm³/mol. The van der Waals surface area contributed by atoms with Crippen LogP contribution in [-0.2, 0) is 17.9 Å². The summed E-state index contributed by atoms with van der Waals surface area (Å²) in [6.07, 6.45) is 0. The number of aromatic nitrogens is 1. The van der Waals surface area contributed by atoms with E-state index in [1.54, 1.807) is 0 Å². The van der Waals surface area contributed by atoms with Crippen molar-refractivity contribution in [3.63, 3.8) is 0 Å². The van der Waals surface area contributed by atoms with Crippen molar-refractivity contribution in [1.82, 2.24) is 0 Å². The van der Waals surface area contributed by atoms with Crippen LogP contribution in [0.5, 0.6) is 0 Å². The number of hydrogen-bond acceptors (Lipinski definition) is 0. The molecule has 1 aromatic rings. The minimum atomic E-state index is 0. The highest BCUT2D eigenvalue weighted by Gasteiger charge is 2.29. The maximum Gasteiger partial charge on any atom is 0.186 e. The SMILES string of the molecule is C[n+]1c(C(C)(C)C)cccc1C(C)(C)C.[I-]. The first-order valence-electron chi connectivity index (χ1n) is 5.64. The minimum absolute atomic E-state index is 0. The Hall–Kier alpha value is -0.120. The molecule has 0 atom stereocenters. The zero-order valence-electron chi connectivity index (χ0n) is 11.6. The Bertz CT molecular complexity index is 324. The lowest BCUT2D eigenvalue weighted by molar-refractivity contribution is -0.693. The molecule has 0 aromatic carbocycles. The number of hydrogen-bond donors (Lipinski definition) is 0. The van der Waals surface area contributed by atoms with Gasteiger partial charge in [0.2, 0.25) is 0 Å². The average Bonchev–Trinajstić information content (AvgIpc) is 1.99. The van der Waals surface area contributed by atoms with Crippen molar-refractivity contribution >= 4 is 0 Å². The molecule has 16 heavy (non-hydrogen) atoms. The van der Waals surface area contributed by atoms with E-state index in [0.29, 0.717) is 0 Å². The maximum atomic E-state index is 2.33. The Kier molecular flexibility index (Phi) is 4.99. The van der Waals surface area contributed by atoms with E-state index in [2.05, 4.69) is 71.4 Å². The second kappa shape index (κ2) is 5.03. The quantitative estimate of drug-likeness (QED) is 0.469. The Morgan fingerprint density at radius 3 is 1.38 bits per heavy atom. The van der Waals surface area contributed by atoms with Gasteiger partial charge >= 0.3 is 0 Å². The van der Waals surface area contributed by atoms with Gasteiger partial charge in [0.1, 0.15) is 7.05 Å². The van der Waals surface area contributed by atoms with Gasteiger partial charge in [-0.1, -0.05) is 41.5 Å². The zero-order valence-corrected chi connectivity index (χ0v) is 13.7. The largest absolute Gasteiger partial charge is 1.00 e. The summed E-state index contributed by atoms with van der Waals surface area (Å²) in [5.41, 5.74) is 3.18. The van der Waals surface area contributed by atoms with Gasteiger partial charge in [-0.15, -0.1) is 0 Å². The molecule has 0 spiro atoms. The topological polar surface area (TPSA) is 3.88 Å². The molecular formula is C14H24IN. The molecule has 0 bridgehead atoms. The Morgan fingerprint density at radius 2 is 1.12 bits per heavy atom. The van der Waals surface area contributed by atoms with Crippen LogP contribution in [0.15, 0.2) is 18.2 Å². The number of nitrogens with zero attached hydrogens (tertiary/aromatic N) is 1. The molecule has 0 amide bonds. The first kappa shape index (κ1) is 15.9. The summed E-state index contributed by atoms with van der Waals surface area (Å²) < 4.78 is 2.33. The first-order valence-corrected chi connectivity index (χ1v) is 5.64.